The molecule has 0 amide bonds. The molecule has 1 saturated heterocycles. The van der Waals surface area contributed by atoms with E-state index in [1.807, 2.05) is 6.92 Å². The molecule has 0 radical (unpaired) electrons. The van der Waals surface area contributed by atoms with E-state index in [4.69, 9.17) is 24.5 Å². The number of phenols is 1. The molecule has 2 unspecified atom stereocenters. The van der Waals surface area contributed by atoms with Gasteiger partial charge in [-0.3, -0.25) is 0 Å². The summed E-state index contributed by atoms with van der Waals surface area (Å²) in [6, 6.07) is 4.94. The predicted octanol–water partition coefficient (Wildman–Crippen LogP) is -3.24. The number of fused-ring (bicyclic) bond motifs is 1. The van der Waals surface area contributed by atoms with Crippen molar-refractivity contribution in [2.24, 2.45) is 0 Å². The fraction of sp³-hybridized carbons (Fsp3) is 0.421. The van der Waals surface area contributed by atoms with Crippen LogP contribution < -0.4 is 15.6 Å². The summed E-state index contributed by atoms with van der Waals surface area (Å²) >= 11 is 0. The number of nitrogens with one attached hydrogen (secondary N) is 1. The van der Waals surface area contributed by atoms with Gasteiger partial charge in [-0.05, 0) is 24.6 Å². The van der Waals surface area contributed by atoms with Gasteiger partial charge in [0.25, 0.3) is 0 Å². The Morgan fingerprint density at radius 3 is 2.37 bits per heavy atom. The molecule has 164 valence electrons. The average molecular weight is 425 g/mol. The third-order valence-corrected chi connectivity index (χ3v) is 4.62. The first kappa shape index (κ1) is 23.3. The number of carbonyl (C=O) groups is 2. The molecule has 2 aromatic rings. The molecule has 1 aliphatic heterocycles. The van der Waals surface area contributed by atoms with E-state index in [1.165, 1.54) is 11.0 Å². The van der Waals surface area contributed by atoms with Crippen LogP contribution in [-0.4, -0.2) is 70.9 Å². The van der Waals surface area contributed by atoms with Crippen LogP contribution >= 0.6 is 0 Å². The van der Waals surface area contributed by atoms with Crippen molar-refractivity contribution in [3.05, 3.63) is 39.7 Å². The Bertz CT molecular complexity index is 946. The van der Waals surface area contributed by atoms with Crippen LogP contribution in [0.15, 0.2) is 27.4 Å². The number of hydrogen-bond acceptors (Lipinski definition) is 9. The maximum Gasteiger partial charge on any atom is 0.336 e. The Hall–Kier alpha value is -2.99. The number of carbonyl (C=O) groups excluding carboxylic acids is 1. The van der Waals surface area contributed by atoms with E-state index in [2.05, 4.69) is 0 Å². The molecular weight excluding hydrogens is 402 g/mol. The van der Waals surface area contributed by atoms with E-state index in [1.54, 1.807) is 12.1 Å². The molecule has 0 saturated carbocycles. The number of aliphatic hydroxyl groups excluding tert-OH is 2. The van der Waals surface area contributed by atoms with Crippen molar-refractivity contribution in [1.29, 1.82) is 0 Å². The van der Waals surface area contributed by atoms with Gasteiger partial charge in [-0.15, -0.1) is 0 Å². The summed E-state index contributed by atoms with van der Waals surface area (Å²) in [6.45, 7) is 5.76. The van der Waals surface area contributed by atoms with E-state index in [9.17, 15) is 24.6 Å². The number of carboxylic acids is 2. The second kappa shape index (κ2) is 10.2. The lowest BCUT2D eigenvalue weighted by atomic mass is 10.1. The van der Waals surface area contributed by atoms with Crippen LogP contribution in [0.25, 0.3) is 11.0 Å². The second-order valence-corrected chi connectivity index (χ2v) is 6.77. The van der Waals surface area contributed by atoms with Gasteiger partial charge in [-0.2, -0.15) is 0 Å². The number of hydrogen-bond donors (Lipinski definition) is 5. The minimum absolute atomic E-state index is 0.185. The van der Waals surface area contributed by atoms with E-state index in [0.29, 0.717) is 17.7 Å². The maximum absolute atomic E-state index is 11.6. The highest BCUT2D eigenvalue weighted by Gasteiger charge is 2.24. The molecule has 1 aromatic heterocycles. The molecule has 0 aliphatic carbocycles. The van der Waals surface area contributed by atoms with Crippen LogP contribution in [0, 0.1) is 6.92 Å². The summed E-state index contributed by atoms with van der Waals surface area (Å²) in [6.07, 6.45) is -4.71. The summed E-state index contributed by atoms with van der Waals surface area (Å²) in [5.41, 5.74) is 1.71. The summed E-state index contributed by atoms with van der Waals surface area (Å²) in [7, 11) is 0. The minimum atomic E-state index is -2.38. The number of morpholine rings is 1. The fourth-order valence-corrected chi connectivity index (χ4v) is 2.95. The number of carboxylic acid groups (broad SMARTS) is 2. The van der Waals surface area contributed by atoms with E-state index >= 15 is 0 Å². The lowest BCUT2D eigenvalue weighted by Gasteiger charge is -2.24. The highest BCUT2D eigenvalue weighted by atomic mass is 16.5. The molecule has 30 heavy (non-hydrogen) atoms. The largest absolute Gasteiger partial charge is 0.547 e. The summed E-state index contributed by atoms with van der Waals surface area (Å²) in [5, 5.41) is 45.1. The maximum atomic E-state index is 11.6. The van der Waals surface area contributed by atoms with Gasteiger partial charge in [0.05, 0.1) is 24.7 Å². The van der Waals surface area contributed by atoms with Crippen molar-refractivity contribution < 1.29 is 49.2 Å². The Balaban J connectivity index is 0.000000274. The zero-order valence-corrected chi connectivity index (χ0v) is 16.2. The van der Waals surface area contributed by atoms with Crippen LogP contribution in [0.3, 0.4) is 0 Å². The van der Waals surface area contributed by atoms with Crippen molar-refractivity contribution >= 4 is 22.9 Å². The molecule has 1 aromatic carbocycles. The van der Waals surface area contributed by atoms with Crippen molar-refractivity contribution in [3.63, 3.8) is 0 Å². The zero-order valence-electron chi connectivity index (χ0n) is 16.2. The molecule has 2 heterocycles. The van der Waals surface area contributed by atoms with Crippen LogP contribution in [0.2, 0.25) is 0 Å². The van der Waals surface area contributed by atoms with Crippen LogP contribution in [-0.2, 0) is 20.9 Å². The Labute approximate surface area is 170 Å². The Kier molecular flexibility index (Phi) is 7.89. The second-order valence-electron chi connectivity index (χ2n) is 6.77. The highest BCUT2D eigenvalue weighted by molar-refractivity contribution is 5.84. The van der Waals surface area contributed by atoms with Gasteiger partial charge in [0.15, 0.2) is 11.7 Å². The van der Waals surface area contributed by atoms with Gasteiger partial charge >= 0.3 is 11.6 Å². The molecule has 1 aliphatic rings. The van der Waals surface area contributed by atoms with Gasteiger partial charge in [-0.1, -0.05) is 0 Å². The van der Waals surface area contributed by atoms with Crippen molar-refractivity contribution in [1.82, 2.24) is 0 Å². The van der Waals surface area contributed by atoms with Gasteiger partial charge in [0, 0.05) is 11.5 Å². The number of aliphatic hydroxyl groups is 2. The summed E-state index contributed by atoms with van der Waals surface area (Å²) < 4.78 is 10.7. The van der Waals surface area contributed by atoms with E-state index in [-0.39, 0.29) is 11.4 Å². The third-order valence-electron chi connectivity index (χ3n) is 4.62. The number of benzene rings is 1. The van der Waals surface area contributed by atoms with Gasteiger partial charge < -0.3 is 44.4 Å². The number of rotatable bonds is 5. The molecule has 0 spiro atoms. The quantitative estimate of drug-likeness (QED) is 0.305. The van der Waals surface area contributed by atoms with Crippen LogP contribution in [0.4, 0.5) is 0 Å². The predicted molar refractivity (Wildman–Crippen MR) is 98.8 cm³/mol. The number of aliphatic carboxylic acids is 2. The number of phenolic OH excluding ortho intramolecular Hbond substituents is 1. The van der Waals surface area contributed by atoms with Crippen molar-refractivity contribution in [3.8, 4) is 5.75 Å². The van der Waals surface area contributed by atoms with Crippen LogP contribution in [0.5, 0.6) is 5.75 Å². The lowest BCUT2D eigenvalue weighted by molar-refractivity contribution is -0.921. The fourth-order valence-electron chi connectivity index (χ4n) is 2.95. The summed E-state index contributed by atoms with van der Waals surface area (Å²) in [4.78, 5) is 32.3. The third kappa shape index (κ3) is 5.76. The molecule has 3 rings (SSSR count). The number of aromatic hydroxyl groups is 1. The lowest BCUT2D eigenvalue weighted by Crippen LogP contribution is -3.12. The first-order valence-corrected chi connectivity index (χ1v) is 9.08. The smallest absolute Gasteiger partial charge is 0.336 e. The molecule has 2 atom stereocenters. The molecule has 5 N–H and O–H groups in total. The SMILES string of the molecule is Cc1cc(=O)oc2c(C[NH+]3CCOCC3)c(O)ccc12.O=C([O-])C(O)C(O)C(=O)O. The van der Waals surface area contributed by atoms with Crippen molar-refractivity contribution in [2.45, 2.75) is 25.7 Å². The minimum Gasteiger partial charge on any atom is -0.547 e. The number of aryl methyl sites for hydroxylation is 1. The van der Waals surface area contributed by atoms with E-state index < -0.39 is 24.1 Å². The van der Waals surface area contributed by atoms with Gasteiger partial charge in [0.1, 0.15) is 31.5 Å². The molecule has 11 heteroatoms. The Morgan fingerprint density at radius 2 is 1.83 bits per heavy atom. The van der Waals surface area contributed by atoms with E-state index in [0.717, 1.165) is 37.3 Å². The van der Waals surface area contributed by atoms with Gasteiger partial charge in [-0.25, -0.2) is 9.59 Å². The average Bonchev–Trinajstić information content (AvgIpc) is 2.70. The normalized spacial score (nSPS) is 16.4. The number of quaternary nitrogens is 1. The number of ether oxygens (including phenoxy) is 1. The van der Waals surface area contributed by atoms with Crippen LogP contribution in [0.1, 0.15) is 11.1 Å². The highest BCUT2D eigenvalue weighted by Crippen LogP contribution is 2.27. The Morgan fingerprint density at radius 1 is 1.20 bits per heavy atom. The standard InChI is InChI=1S/C15H17NO4.C4H6O6/c1-10-8-14(18)20-15-11(10)2-3-13(17)12(15)9-16-4-6-19-7-5-16;5-1(3(7)8)2(6)4(9)10/h2-3,8,17H,4-7,9H2,1H3;1-2,5-6H,(H,7,8)(H,9,10). The first-order valence-electron chi connectivity index (χ1n) is 9.08. The monoisotopic (exact) mass is 425 g/mol. The van der Waals surface area contributed by atoms with Crippen molar-refractivity contribution in [2.75, 3.05) is 26.3 Å². The first-order chi connectivity index (χ1) is 14.1. The topological polar surface area (TPSA) is 182 Å². The molecule has 11 nitrogen and oxygen atoms in total. The van der Waals surface area contributed by atoms with Gasteiger partial charge in [0.2, 0.25) is 0 Å². The summed E-state index contributed by atoms with van der Waals surface area (Å²) in [5.74, 6) is -3.64. The molecule has 0 bridgehead atoms. The zero-order chi connectivity index (χ0) is 22.4. The molecular formula is C19H23NO10. The molecule has 1 fully saturated rings.